The molecule has 14 heteroatoms. The Morgan fingerprint density at radius 2 is 1.37 bits per heavy atom. The van der Waals surface area contributed by atoms with E-state index in [1.807, 2.05) is 12.1 Å². The van der Waals surface area contributed by atoms with E-state index in [0.29, 0.717) is 0 Å². The average Bonchev–Trinajstić information content (AvgIpc) is 2.89. The molecule has 0 N–H and O–H groups in total. The van der Waals surface area contributed by atoms with Gasteiger partial charge in [0, 0.05) is 29.3 Å². The standard InChI is InChI=1S/C21H35O13P/c1-4-5-6-7-8-9-10-11-20-12-14-21(15-13-20)25-16-17-26-29-31-33-34-32-30-27-18-19-28-35(22,23-2)24-3/h12-15,18-19H,4-11,16-17H2,1-3H3/b19-18+. The fourth-order valence-corrected chi connectivity index (χ4v) is 3.17. The first-order chi connectivity index (χ1) is 17.1. The summed E-state index contributed by atoms with van der Waals surface area (Å²) >= 11 is 0. The van der Waals surface area contributed by atoms with Gasteiger partial charge in [0.15, 0.2) is 6.26 Å². The predicted molar refractivity (Wildman–Crippen MR) is 119 cm³/mol. The summed E-state index contributed by atoms with van der Waals surface area (Å²) in [4.78, 5) is 8.89. The molecule has 0 radical (unpaired) electrons. The largest absolute Gasteiger partial charge is 0.529 e. The van der Waals surface area contributed by atoms with Crippen LogP contribution in [0.4, 0.5) is 0 Å². The molecule has 0 bridgehead atoms. The summed E-state index contributed by atoms with van der Waals surface area (Å²) in [5.41, 5.74) is 1.29. The van der Waals surface area contributed by atoms with E-state index in [1.54, 1.807) is 0 Å². The second-order valence-corrected chi connectivity index (χ2v) is 8.72. The van der Waals surface area contributed by atoms with Crippen molar-refractivity contribution in [2.75, 3.05) is 27.4 Å². The van der Waals surface area contributed by atoms with E-state index in [2.05, 4.69) is 72.6 Å². The molecule has 13 nitrogen and oxygen atoms in total. The van der Waals surface area contributed by atoms with Gasteiger partial charge in [-0.1, -0.05) is 57.6 Å². The molecule has 1 rings (SSSR count). The maximum atomic E-state index is 11.5. The fraction of sp³-hybridized carbons (Fsp3) is 0.619. The number of hydrogen-bond acceptors (Lipinski definition) is 13. The van der Waals surface area contributed by atoms with Crippen LogP contribution >= 0.6 is 7.82 Å². The first-order valence-corrected chi connectivity index (χ1v) is 12.6. The highest BCUT2D eigenvalue weighted by Gasteiger charge is 2.21. The first-order valence-electron chi connectivity index (χ1n) is 11.2. The van der Waals surface area contributed by atoms with Crippen LogP contribution in [0.1, 0.15) is 57.4 Å². The van der Waals surface area contributed by atoms with Crippen molar-refractivity contribution in [2.45, 2.75) is 58.3 Å². The molecular weight excluding hydrogens is 491 g/mol. The van der Waals surface area contributed by atoms with Gasteiger partial charge in [0.2, 0.25) is 0 Å². The summed E-state index contributed by atoms with van der Waals surface area (Å²) in [6, 6.07) is 7.95. The minimum absolute atomic E-state index is 0.0429. The third-order valence-electron chi connectivity index (χ3n) is 4.40. The van der Waals surface area contributed by atoms with Crippen LogP contribution < -0.4 is 4.74 Å². The molecule has 0 aliphatic carbocycles. The third-order valence-corrected chi connectivity index (χ3v) is 5.68. The molecular formula is C21H35O13P. The number of unbranched alkanes of at least 4 members (excludes halogenated alkanes) is 6. The number of ether oxygens (including phenoxy) is 1. The van der Waals surface area contributed by atoms with E-state index in [0.717, 1.165) is 38.9 Å². The molecule has 1 aromatic rings. The van der Waals surface area contributed by atoms with Gasteiger partial charge in [0.05, 0.1) is 0 Å². The molecule has 0 unspecified atom stereocenters. The van der Waals surface area contributed by atoms with Crippen LogP contribution in [-0.2, 0) is 64.6 Å². The minimum Gasteiger partial charge on any atom is -0.491 e. The van der Waals surface area contributed by atoms with E-state index in [9.17, 15) is 4.57 Å². The molecule has 0 spiro atoms. The molecule has 0 aromatic heterocycles. The highest BCUT2D eigenvalue weighted by atomic mass is 31.2. The summed E-state index contributed by atoms with van der Waals surface area (Å²) in [5.74, 6) is 0.717. The number of phosphoric acid groups is 1. The topological polar surface area (TPSA) is 128 Å². The SMILES string of the molecule is CCCCCCCCCc1ccc(OCCOOOOOOOO/C=C/OP(=O)(OC)OC)cc1. The zero-order valence-electron chi connectivity index (χ0n) is 20.3. The zero-order valence-corrected chi connectivity index (χ0v) is 21.2. The average molecular weight is 526 g/mol. The van der Waals surface area contributed by atoms with Gasteiger partial charge in [0.25, 0.3) is 0 Å². The molecule has 0 aliphatic rings. The van der Waals surface area contributed by atoms with Gasteiger partial charge < -0.3 is 14.1 Å². The Labute approximate surface area is 205 Å². The van der Waals surface area contributed by atoms with Gasteiger partial charge in [-0.25, -0.2) is 9.45 Å². The van der Waals surface area contributed by atoms with Crippen molar-refractivity contribution in [1.29, 1.82) is 0 Å². The second-order valence-electron chi connectivity index (χ2n) is 6.88. The molecule has 35 heavy (non-hydrogen) atoms. The molecule has 0 atom stereocenters. The lowest BCUT2D eigenvalue weighted by Gasteiger charge is -2.09. The lowest BCUT2D eigenvalue weighted by atomic mass is 10.0. The lowest BCUT2D eigenvalue weighted by molar-refractivity contribution is -0.811. The van der Waals surface area contributed by atoms with Crippen LogP contribution in [0.2, 0.25) is 0 Å². The smallest absolute Gasteiger partial charge is 0.491 e. The van der Waals surface area contributed by atoms with Gasteiger partial charge in [-0.2, -0.15) is 0 Å². The van der Waals surface area contributed by atoms with E-state index < -0.39 is 7.82 Å². The van der Waals surface area contributed by atoms with Crippen molar-refractivity contribution >= 4 is 7.82 Å². The maximum absolute atomic E-state index is 11.5. The Morgan fingerprint density at radius 1 is 0.743 bits per heavy atom. The molecule has 1 aromatic carbocycles. The number of rotatable bonds is 24. The Bertz CT molecular complexity index is 678. The molecule has 0 saturated carbocycles. The van der Waals surface area contributed by atoms with E-state index in [-0.39, 0.29) is 13.2 Å². The van der Waals surface area contributed by atoms with Crippen molar-refractivity contribution in [3.8, 4) is 5.75 Å². The normalized spacial score (nSPS) is 11.7. The monoisotopic (exact) mass is 526 g/mol. The molecule has 0 heterocycles. The number of benzene rings is 1. The van der Waals surface area contributed by atoms with Gasteiger partial charge in [0.1, 0.15) is 25.2 Å². The number of hydrogen-bond donors (Lipinski definition) is 0. The molecule has 0 fully saturated rings. The van der Waals surface area contributed by atoms with E-state index in [4.69, 9.17) is 4.74 Å². The van der Waals surface area contributed by atoms with Crippen molar-refractivity contribution in [1.82, 2.24) is 0 Å². The van der Waals surface area contributed by atoms with Gasteiger partial charge in [-0.15, -0.1) is 0 Å². The van der Waals surface area contributed by atoms with E-state index in [1.165, 1.54) is 50.5 Å². The summed E-state index contributed by atoms with van der Waals surface area (Å²) in [5, 5.41) is 23.9. The molecule has 0 aliphatic heterocycles. The van der Waals surface area contributed by atoms with E-state index >= 15 is 0 Å². The zero-order chi connectivity index (χ0) is 25.5. The predicted octanol–water partition coefficient (Wildman–Crippen LogP) is 5.79. The van der Waals surface area contributed by atoms with Gasteiger partial charge >= 0.3 is 7.82 Å². The quantitative estimate of drug-likeness (QED) is 0.0531. The lowest BCUT2D eigenvalue weighted by Crippen LogP contribution is -2.08. The third kappa shape index (κ3) is 17.3. The molecule has 202 valence electrons. The minimum atomic E-state index is -3.67. The second kappa shape index (κ2) is 21.5. The van der Waals surface area contributed by atoms with Crippen molar-refractivity contribution < 1.29 is 62.9 Å². The Morgan fingerprint density at radius 3 is 2.06 bits per heavy atom. The highest BCUT2D eigenvalue weighted by molar-refractivity contribution is 7.48. The van der Waals surface area contributed by atoms with Crippen LogP contribution in [0.15, 0.2) is 36.8 Å². The first kappa shape index (κ1) is 31.3. The van der Waals surface area contributed by atoms with Crippen LogP contribution in [0.25, 0.3) is 0 Å². The van der Waals surface area contributed by atoms with Crippen molar-refractivity contribution in [3.63, 3.8) is 0 Å². The Balaban J connectivity index is 1.91. The van der Waals surface area contributed by atoms with Crippen LogP contribution in [0.3, 0.4) is 0 Å². The van der Waals surface area contributed by atoms with Gasteiger partial charge in [-0.3, -0.25) is 9.05 Å². The summed E-state index contributed by atoms with van der Waals surface area (Å²) in [6.45, 7) is 2.49. The van der Waals surface area contributed by atoms with Crippen LogP contribution in [-0.4, -0.2) is 27.4 Å². The van der Waals surface area contributed by atoms with Gasteiger partial charge in [-0.05, 0) is 45.7 Å². The van der Waals surface area contributed by atoms with Crippen LogP contribution in [0.5, 0.6) is 5.75 Å². The summed E-state index contributed by atoms with van der Waals surface area (Å²) in [6.07, 6.45) is 11.8. The van der Waals surface area contributed by atoms with Crippen molar-refractivity contribution in [3.05, 3.63) is 42.4 Å². The highest BCUT2D eigenvalue weighted by Crippen LogP contribution is 2.47. The van der Waals surface area contributed by atoms with Crippen LogP contribution in [0, 0.1) is 0 Å². The summed E-state index contributed by atoms with van der Waals surface area (Å²) < 4.78 is 30.6. The molecule has 0 amide bonds. The van der Waals surface area contributed by atoms with Crippen molar-refractivity contribution in [2.24, 2.45) is 0 Å². The fourth-order valence-electron chi connectivity index (χ4n) is 2.65. The maximum Gasteiger partial charge on any atom is 0.529 e. The Kier molecular flexibility index (Phi) is 19.2. The Hall–Kier alpha value is -1.77. The molecule has 0 saturated heterocycles. The number of aryl methyl sites for hydroxylation is 1. The summed E-state index contributed by atoms with van der Waals surface area (Å²) in [7, 11) is -1.39. The number of phosphoric ester groups is 1.